The summed E-state index contributed by atoms with van der Waals surface area (Å²) in [4.78, 5) is 29.4. The third-order valence-corrected chi connectivity index (χ3v) is 4.18. The molecule has 25 heavy (non-hydrogen) atoms. The molecular formula is C18H14N4O3. The van der Waals surface area contributed by atoms with E-state index in [1.165, 1.54) is 12.1 Å². The number of allylic oxidation sites excluding steroid dienone is 1. The Morgan fingerprint density at radius 1 is 1.24 bits per heavy atom. The lowest BCUT2D eigenvalue weighted by Crippen LogP contribution is -2.36. The zero-order valence-electron chi connectivity index (χ0n) is 13.2. The lowest BCUT2D eigenvalue weighted by atomic mass is 10.1. The molecule has 7 heteroatoms. The van der Waals surface area contributed by atoms with Crippen molar-refractivity contribution >= 4 is 23.0 Å². The Bertz CT molecular complexity index is 935. The quantitative estimate of drug-likeness (QED) is 0.403. The SMILES string of the molecule is O=C(/C=C1\Nc2ccc([N+](=O)[O-])cc2C2=NCCN21)c1ccccc1. The fourth-order valence-electron chi connectivity index (χ4n) is 2.98. The van der Waals surface area contributed by atoms with Crippen molar-refractivity contribution in [3.63, 3.8) is 0 Å². The minimum Gasteiger partial charge on any atom is -0.341 e. The lowest BCUT2D eigenvalue weighted by molar-refractivity contribution is -0.384. The first-order chi connectivity index (χ1) is 12.1. The first-order valence-electron chi connectivity index (χ1n) is 7.82. The number of rotatable bonds is 3. The first-order valence-corrected chi connectivity index (χ1v) is 7.82. The molecular weight excluding hydrogens is 320 g/mol. The fourth-order valence-corrected chi connectivity index (χ4v) is 2.98. The van der Waals surface area contributed by atoms with E-state index < -0.39 is 4.92 Å². The maximum atomic E-state index is 12.5. The monoisotopic (exact) mass is 334 g/mol. The van der Waals surface area contributed by atoms with Crippen LogP contribution in [0.5, 0.6) is 0 Å². The van der Waals surface area contributed by atoms with Crippen LogP contribution >= 0.6 is 0 Å². The van der Waals surface area contributed by atoms with Gasteiger partial charge in [-0.3, -0.25) is 19.9 Å². The van der Waals surface area contributed by atoms with Gasteiger partial charge in [-0.2, -0.15) is 0 Å². The molecule has 2 heterocycles. The molecule has 0 fully saturated rings. The number of nitrogens with one attached hydrogen (secondary N) is 1. The molecule has 0 saturated heterocycles. The largest absolute Gasteiger partial charge is 0.341 e. The summed E-state index contributed by atoms with van der Waals surface area (Å²) in [5.41, 5.74) is 2.00. The summed E-state index contributed by atoms with van der Waals surface area (Å²) in [7, 11) is 0. The van der Waals surface area contributed by atoms with Crippen LogP contribution in [0.15, 0.2) is 65.4 Å². The second kappa shape index (κ2) is 5.86. The normalized spacial score (nSPS) is 16.7. The van der Waals surface area contributed by atoms with Gasteiger partial charge in [0.15, 0.2) is 5.78 Å². The van der Waals surface area contributed by atoms with E-state index in [2.05, 4.69) is 10.3 Å². The van der Waals surface area contributed by atoms with Gasteiger partial charge >= 0.3 is 0 Å². The molecule has 2 aromatic rings. The molecule has 0 radical (unpaired) electrons. The molecule has 7 nitrogen and oxygen atoms in total. The number of carbonyl (C=O) groups excluding carboxylic acids is 1. The summed E-state index contributed by atoms with van der Waals surface area (Å²) >= 11 is 0. The van der Waals surface area contributed by atoms with Gasteiger partial charge in [0.25, 0.3) is 5.69 Å². The number of carbonyl (C=O) groups is 1. The summed E-state index contributed by atoms with van der Waals surface area (Å²) < 4.78 is 0. The van der Waals surface area contributed by atoms with Crippen molar-refractivity contribution in [3.8, 4) is 0 Å². The predicted molar refractivity (Wildman–Crippen MR) is 93.7 cm³/mol. The first kappa shape index (κ1) is 15.1. The highest BCUT2D eigenvalue weighted by Gasteiger charge is 2.31. The van der Waals surface area contributed by atoms with Crippen LogP contribution in [-0.4, -0.2) is 34.5 Å². The van der Waals surface area contributed by atoms with E-state index in [1.807, 2.05) is 23.1 Å². The number of fused-ring (bicyclic) bond motifs is 3. The van der Waals surface area contributed by atoms with Crippen LogP contribution in [0.2, 0.25) is 0 Å². The number of hydrogen-bond donors (Lipinski definition) is 1. The molecule has 0 unspecified atom stereocenters. The van der Waals surface area contributed by atoms with E-state index in [1.54, 1.807) is 24.3 Å². The van der Waals surface area contributed by atoms with Gasteiger partial charge in [-0.1, -0.05) is 30.3 Å². The Morgan fingerprint density at radius 2 is 2.04 bits per heavy atom. The lowest BCUT2D eigenvalue weighted by Gasteiger charge is -2.31. The van der Waals surface area contributed by atoms with Crippen LogP contribution in [0.1, 0.15) is 15.9 Å². The number of nitrogens with zero attached hydrogens (tertiary/aromatic N) is 3. The van der Waals surface area contributed by atoms with Gasteiger partial charge in [0.05, 0.1) is 17.2 Å². The Kier molecular flexibility index (Phi) is 3.53. The van der Waals surface area contributed by atoms with E-state index in [9.17, 15) is 14.9 Å². The third-order valence-electron chi connectivity index (χ3n) is 4.18. The van der Waals surface area contributed by atoms with Crippen LogP contribution in [-0.2, 0) is 0 Å². The second-order valence-electron chi connectivity index (χ2n) is 5.73. The van der Waals surface area contributed by atoms with Crippen LogP contribution < -0.4 is 5.32 Å². The molecule has 0 amide bonds. The maximum absolute atomic E-state index is 12.5. The predicted octanol–water partition coefficient (Wildman–Crippen LogP) is 2.81. The van der Waals surface area contributed by atoms with Gasteiger partial charge in [0.2, 0.25) is 0 Å². The van der Waals surface area contributed by atoms with Crippen LogP contribution in [0.3, 0.4) is 0 Å². The number of benzene rings is 2. The number of hydrogen-bond acceptors (Lipinski definition) is 6. The smallest absolute Gasteiger partial charge is 0.270 e. The summed E-state index contributed by atoms with van der Waals surface area (Å²) in [6.07, 6.45) is 1.54. The molecule has 0 spiro atoms. The fraction of sp³-hybridized carbons (Fsp3) is 0.111. The highest BCUT2D eigenvalue weighted by molar-refractivity contribution is 6.10. The van der Waals surface area contributed by atoms with Gasteiger partial charge in [0, 0.05) is 35.9 Å². The van der Waals surface area contributed by atoms with Gasteiger partial charge in [-0.15, -0.1) is 0 Å². The van der Waals surface area contributed by atoms with Crippen molar-refractivity contribution in [1.29, 1.82) is 0 Å². The van der Waals surface area contributed by atoms with E-state index in [0.717, 1.165) is 0 Å². The summed E-state index contributed by atoms with van der Waals surface area (Å²) in [5, 5.41) is 14.2. The molecule has 0 bridgehead atoms. The molecule has 0 aromatic heterocycles. The second-order valence-corrected chi connectivity index (χ2v) is 5.73. The van der Waals surface area contributed by atoms with E-state index in [4.69, 9.17) is 0 Å². The molecule has 0 atom stereocenters. The minimum absolute atomic E-state index is 0.0166. The topological polar surface area (TPSA) is 87.8 Å². The van der Waals surface area contributed by atoms with Gasteiger partial charge in [-0.05, 0) is 6.07 Å². The van der Waals surface area contributed by atoms with Crippen molar-refractivity contribution < 1.29 is 9.72 Å². The Balaban J connectivity index is 1.73. The van der Waals surface area contributed by atoms with Crippen LogP contribution in [0.25, 0.3) is 0 Å². The molecule has 4 rings (SSSR count). The van der Waals surface area contributed by atoms with Crippen molar-refractivity contribution in [2.45, 2.75) is 0 Å². The molecule has 2 aliphatic heterocycles. The zero-order chi connectivity index (χ0) is 17.4. The number of amidine groups is 1. The molecule has 0 aliphatic carbocycles. The average Bonchev–Trinajstić information content (AvgIpc) is 3.12. The summed E-state index contributed by atoms with van der Waals surface area (Å²) in [5.74, 6) is 1.18. The molecule has 1 N–H and O–H groups in total. The highest BCUT2D eigenvalue weighted by Crippen LogP contribution is 2.32. The van der Waals surface area contributed by atoms with Crippen molar-refractivity contribution in [2.75, 3.05) is 18.4 Å². The van der Waals surface area contributed by atoms with Crippen molar-refractivity contribution in [3.05, 3.63) is 81.7 Å². The number of nitro groups is 1. The average molecular weight is 334 g/mol. The Hall–Kier alpha value is -3.48. The number of anilines is 1. The van der Waals surface area contributed by atoms with Gasteiger partial charge in [-0.25, -0.2) is 0 Å². The highest BCUT2D eigenvalue weighted by atomic mass is 16.6. The molecule has 2 aliphatic rings. The van der Waals surface area contributed by atoms with Crippen LogP contribution in [0, 0.1) is 10.1 Å². The van der Waals surface area contributed by atoms with E-state index >= 15 is 0 Å². The molecule has 2 aromatic carbocycles. The van der Waals surface area contributed by atoms with E-state index in [0.29, 0.717) is 41.6 Å². The van der Waals surface area contributed by atoms with E-state index in [-0.39, 0.29) is 11.5 Å². The number of non-ortho nitro benzene ring substituents is 1. The Labute approximate surface area is 143 Å². The molecule has 124 valence electrons. The van der Waals surface area contributed by atoms with Gasteiger partial charge in [0.1, 0.15) is 11.7 Å². The third kappa shape index (κ3) is 2.65. The van der Waals surface area contributed by atoms with Gasteiger partial charge < -0.3 is 10.2 Å². The number of nitro benzene ring substituents is 1. The summed E-state index contributed by atoms with van der Waals surface area (Å²) in [6, 6.07) is 13.6. The number of aliphatic imine (C=N–C) groups is 1. The summed E-state index contributed by atoms with van der Waals surface area (Å²) in [6.45, 7) is 1.20. The molecule has 0 saturated carbocycles. The van der Waals surface area contributed by atoms with Crippen molar-refractivity contribution in [1.82, 2.24) is 4.90 Å². The standard InChI is InChI=1S/C18H14N4O3/c23-16(12-4-2-1-3-5-12)11-17-20-15-7-6-13(22(24)25)10-14(15)18-19-8-9-21(17)18/h1-7,10-11,20H,8-9H2/b17-11+. The van der Waals surface area contributed by atoms with Crippen molar-refractivity contribution in [2.24, 2.45) is 4.99 Å². The minimum atomic E-state index is -0.426. The maximum Gasteiger partial charge on any atom is 0.270 e. The number of ketones is 1. The van der Waals surface area contributed by atoms with Crippen LogP contribution in [0.4, 0.5) is 11.4 Å². The Morgan fingerprint density at radius 3 is 2.80 bits per heavy atom. The zero-order valence-corrected chi connectivity index (χ0v) is 13.2.